The van der Waals surface area contributed by atoms with E-state index in [1.807, 2.05) is 0 Å². The van der Waals surface area contributed by atoms with Crippen molar-refractivity contribution in [2.45, 2.75) is 18.8 Å². The molecule has 0 amide bonds. The van der Waals surface area contributed by atoms with Crippen LogP contribution in [0.5, 0.6) is 0 Å². The third kappa shape index (κ3) is 3.55. The van der Waals surface area contributed by atoms with Crippen LogP contribution in [-0.4, -0.2) is 23.1 Å². The van der Waals surface area contributed by atoms with Crippen molar-refractivity contribution in [3.63, 3.8) is 0 Å². The first-order valence-electron chi connectivity index (χ1n) is 4.54. The number of piperidine rings is 1. The van der Waals surface area contributed by atoms with Gasteiger partial charge in [-0.05, 0) is 25.9 Å². The number of halogens is 3. The Labute approximate surface area is 101 Å². The van der Waals surface area contributed by atoms with Crippen LogP contribution in [-0.2, 0) is 0 Å². The maximum atomic E-state index is 13.2. The molecule has 0 aromatic carbocycles. The highest BCUT2D eigenvalue weighted by molar-refractivity contribution is 5.85. The molecule has 1 aliphatic rings. The van der Waals surface area contributed by atoms with Crippen LogP contribution < -0.4 is 5.32 Å². The van der Waals surface area contributed by atoms with Gasteiger partial charge in [0.05, 0.1) is 11.9 Å². The van der Waals surface area contributed by atoms with Crippen molar-refractivity contribution in [2.24, 2.45) is 0 Å². The Hall–Kier alpha value is -0.450. The van der Waals surface area contributed by atoms with Crippen molar-refractivity contribution in [2.75, 3.05) is 13.1 Å². The molecule has 2 rings (SSSR count). The van der Waals surface area contributed by atoms with Gasteiger partial charge in [0.15, 0.2) is 5.82 Å². The summed E-state index contributed by atoms with van der Waals surface area (Å²) in [6.45, 7) is 1.90. The van der Waals surface area contributed by atoms with E-state index in [1.54, 1.807) is 0 Å². The lowest BCUT2D eigenvalue weighted by molar-refractivity contribution is 0.434. The highest BCUT2D eigenvalue weighted by atomic mass is 35.5. The summed E-state index contributed by atoms with van der Waals surface area (Å²) in [6, 6.07) is 0. The minimum absolute atomic E-state index is 0. The average molecular weight is 254 g/mol. The minimum Gasteiger partial charge on any atom is -0.317 e. The molecule has 0 unspecified atom stereocenters. The van der Waals surface area contributed by atoms with Gasteiger partial charge in [0.2, 0.25) is 0 Å². The molecule has 15 heavy (non-hydrogen) atoms. The molecule has 0 aliphatic carbocycles. The maximum Gasteiger partial charge on any atom is 0.163 e. The molecule has 0 radical (unpaired) electrons. The van der Waals surface area contributed by atoms with E-state index in [4.69, 9.17) is 0 Å². The first-order valence-corrected chi connectivity index (χ1v) is 4.54. The third-order valence-electron chi connectivity index (χ3n) is 2.42. The van der Waals surface area contributed by atoms with Gasteiger partial charge in [-0.1, -0.05) is 0 Å². The molecule has 1 aromatic heterocycles. The maximum absolute atomic E-state index is 13.2. The first kappa shape index (κ1) is 14.6. The summed E-state index contributed by atoms with van der Waals surface area (Å²) < 4.78 is 13.2. The average Bonchev–Trinajstić information content (AvgIpc) is 2.20. The Balaban J connectivity index is 0.000000980. The first-order chi connectivity index (χ1) is 6.38. The fraction of sp³-hybridized carbons (Fsp3) is 0.556. The van der Waals surface area contributed by atoms with Crippen molar-refractivity contribution in [1.29, 1.82) is 0 Å². The van der Waals surface area contributed by atoms with E-state index in [1.165, 1.54) is 12.5 Å². The lowest BCUT2D eigenvalue weighted by atomic mass is 9.94. The molecule has 1 fully saturated rings. The molecule has 1 aromatic rings. The van der Waals surface area contributed by atoms with Crippen LogP contribution in [0.3, 0.4) is 0 Å². The van der Waals surface area contributed by atoms with Gasteiger partial charge in [-0.2, -0.15) is 0 Å². The molecule has 2 heterocycles. The monoisotopic (exact) mass is 253 g/mol. The number of nitrogens with zero attached hydrogens (tertiary/aromatic N) is 2. The predicted molar refractivity (Wildman–Crippen MR) is 61.3 cm³/mol. The minimum atomic E-state index is -0.269. The standard InChI is InChI=1S/C9H12FN3.2ClH/c10-8-5-12-6-13-9(8)7-1-3-11-4-2-7;;/h5-7,11H,1-4H2;2*1H. The van der Waals surface area contributed by atoms with Gasteiger partial charge in [0.25, 0.3) is 0 Å². The number of hydrogen-bond acceptors (Lipinski definition) is 3. The molecular formula is C9H14Cl2FN3. The summed E-state index contributed by atoms with van der Waals surface area (Å²) in [5.74, 6) is -0.00125. The normalized spacial score (nSPS) is 16.3. The SMILES string of the molecule is Cl.Cl.Fc1cncnc1C1CCNCC1. The lowest BCUT2D eigenvalue weighted by Crippen LogP contribution is -2.27. The molecule has 1 N–H and O–H groups in total. The van der Waals surface area contributed by atoms with Crippen LogP contribution in [0.2, 0.25) is 0 Å². The topological polar surface area (TPSA) is 37.8 Å². The van der Waals surface area contributed by atoms with Crippen molar-refractivity contribution < 1.29 is 4.39 Å². The summed E-state index contributed by atoms with van der Waals surface area (Å²) in [5.41, 5.74) is 0.580. The molecule has 0 atom stereocenters. The zero-order chi connectivity index (χ0) is 9.10. The van der Waals surface area contributed by atoms with E-state index >= 15 is 0 Å². The molecule has 0 bridgehead atoms. The van der Waals surface area contributed by atoms with E-state index in [2.05, 4.69) is 15.3 Å². The largest absolute Gasteiger partial charge is 0.317 e. The van der Waals surface area contributed by atoms with Gasteiger partial charge in [0.1, 0.15) is 6.33 Å². The summed E-state index contributed by atoms with van der Waals surface area (Å²) in [7, 11) is 0. The van der Waals surface area contributed by atoms with Crippen molar-refractivity contribution in [1.82, 2.24) is 15.3 Å². The van der Waals surface area contributed by atoms with Gasteiger partial charge < -0.3 is 5.32 Å². The van der Waals surface area contributed by atoms with Crippen LogP contribution in [0.15, 0.2) is 12.5 Å². The predicted octanol–water partition coefficient (Wildman–Crippen LogP) is 1.93. The van der Waals surface area contributed by atoms with Crippen LogP contribution in [0, 0.1) is 5.82 Å². The van der Waals surface area contributed by atoms with Crippen molar-refractivity contribution in [3.8, 4) is 0 Å². The quantitative estimate of drug-likeness (QED) is 0.832. The number of hydrogen-bond donors (Lipinski definition) is 1. The van der Waals surface area contributed by atoms with Crippen LogP contribution in [0.1, 0.15) is 24.5 Å². The van der Waals surface area contributed by atoms with Crippen LogP contribution in [0.25, 0.3) is 0 Å². The highest BCUT2D eigenvalue weighted by Gasteiger charge is 2.19. The van der Waals surface area contributed by atoms with Gasteiger partial charge in [-0.3, -0.25) is 0 Å². The Morgan fingerprint density at radius 2 is 1.93 bits per heavy atom. The number of nitrogens with one attached hydrogen (secondary N) is 1. The van der Waals surface area contributed by atoms with Gasteiger partial charge >= 0.3 is 0 Å². The van der Waals surface area contributed by atoms with E-state index in [0.717, 1.165) is 25.9 Å². The van der Waals surface area contributed by atoms with E-state index in [0.29, 0.717) is 5.69 Å². The van der Waals surface area contributed by atoms with E-state index in [9.17, 15) is 4.39 Å². The summed E-state index contributed by atoms with van der Waals surface area (Å²) in [6.07, 6.45) is 4.59. The Bertz CT molecular complexity index is 292. The number of rotatable bonds is 1. The second-order valence-corrected chi connectivity index (χ2v) is 3.28. The zero-order valence-corrected chi connectivity index (χ0v) is 9.78. The summed E-state index contributed by atoms with van der Waals surface area (Å²) in [5, 5.41) is 3.24. The number of aromatic nitrogens is 2. The molecule has 6 heteroatoms. The molecule has 3 nitrogen and oxygen atoms in total. The fourth-order valence-corrected chi connectivity index (χ4v) is 1.72. The van der Waals surface area contributed by atoms with Crippen LogP contribution >= 0.6 is 24.8 Å². The Kier molecular flexibility index (Phi) is 6.72. The van der Waals surface area contributed by atoms with Gasteiger partial charge in [-0.15, -0.1) is 24.8 Å². The van der Waals surface area contributed by atoms with E-state index < -0.39 is 0 Å². The Morgan fingerprint density at radius 3 is 2.53 bits per heavy atom. The molecule has 0 saturated carbocycles. The summed E-state index contributed by atoms with van der Waals surface area (Å²) in [4.78, 5) is 7.63. The molecular weight excluding hydrogens is 240 g/mol. The second-order valence-electron chi connectivity index (χ2n) is 3.28. The molecule has 1 aliphatic heterocycles. The fourth-order valence-electron chi connectivity index (χ4n) is 1.72. The van der Waals surface area contributed by atoms with Crippen LogP contribution in [0.4, 0.5) is 4.39 Å². The molecule has 1 saturated heterocycles. The van der Waals surface area contributed by atoms with Gasteiger partial charge in [0, 0.05) is 5.92 Å². The van der Waals surface area contributed by atoms with Crippen molar-refractivity contribution in [3.05, 3.63) is 24.0 Å². The highest BCUT2D eigenvalue weighted by Crippen LogP contribution is 2.24. The molecule has 86 valence electrons. The van der Waals surface area contributed by atoms with Gasteiger partial charge in [-0.25, -0.2) is 14.4 Å². The zero-order valence-electron chi connectivity index (χ0n) is 8.15. The van der Waals surface area contributed by atoms with Crippen molar-refractivity contribution >= 4 is 24.8 Å². The Morgan fingerprint density at radius 1 is 1.27 bits per heavy atom. The van der Waals surface area contributed by atoms with E-state index in [-0.39, 0.29) is 36.5 Å². The molecule has 0 spiro atoms. The second kappa shape index (κ2) is 6.93. The summed E-state index contributed by atoms with van der Waals surface area (Å²) >= 11 is 0. The third-order valence-corrected chi connectivity index (χ3v) is 2.42. The smallest absolute Gasteiger partial charge is 0.163 e. The lowest BCUT2D eigenvalue weighted by Gasteiger charge is -2.21.